The van der Waals surface area contributed by atoms with Crippen LogP contribution < -0.4 is 5.43 Å². The molecule has 4 N–H and O–H groups in total. The van der Waals surface area contributed by atoms with Crippen LogP contribution in [0.5, 0.6) is 5.75 Å². The Morgan fingerprint density at radius 3 is 2.35 bits per heavy atom. The van der Waals surface area contributed by atoms with Crippen LogP contribution in [0.3, 0.4) is 0 Å². The van der Waals surface area contributed by atoms with E-state index < -0.39 is 21.0 Å². The average molecular weight is 440 g/mol. The number of carbonyl (C=O) groups is 1. The summed E-state index contributed by atoms with van der Waals surface area (Å²) in [5, 5.41) is 31.0. The molecule has 158 valence electrons. The van der Waals surface area contributed by atoms with E-state index in [2.05, 4.69) is 20.8 Å². The van der Waals surface area contributed by atoms with Crippen molar-refractivity contribution in [3.63, 3.8) is 0 Å². The van der Waals surface area contributed by atoms with Gasteiger partial charge in [0, 0.05) is 5.56 Å². The second kappa shape index (κ2) is 9.15. The van der Waals surface area contributed by atoms with E-state index in [9.17, 15) is 23.4 Å². The summed E-state index contributed by atoms with van der Waals surface area (Å²) in [4.78, 5) is 10.8. The molecule has 10 nitrogen and oxygen atoms in total. The number of nitrogens with one attached hydrogen (secondary N) is 1. The molecule has 0 bridgehead atoms. The van der Waals surface area contributed by atoms with Crippen LogP contribution in [0.4, 0.5) is 17.1 Å². The number of benzene rings is 3. The molecule has 0 saturated carbocycles. The molecule has 3 rings (SSSR count). The van der Waals surface area contributed by atoms with Crippen molar-refractivity contribution in [3.8, 4) is 5.75 Å². The average Bonchev–Trinajstić information content (AvgIpc) is 2.73. The fourth-order valence-electron chi connectivity index (χ4n) is 2.48. The van der Waals surface area contributed by atoms with E-state index in [1.165, 1.54) is 12.3 Å². The number of phenols is 1. The molecule has 0 aromatic heterocycles. The summed E-state index contributed by atoms with van der Waals surface area (Å²) in [7, 11) is -4.47. The number of aromatic carboxylic acids is 1. The number of rotatable bonds is 7. The second-order valence-corrected chi connectivity index (χ2v) is 7.53. The van der Waals surface area contributed by atoms with Gasteiger partial charge in [0.2, 0.25) is 0 Å². The Labute approximate surface area is 177 Å². The molecular formula is C20H16N4O6S. The zero-order valence-electron chi connectivity index (χ0n) is 15.7. The van der Waals surface area contributed by atoms with Gasteiger partial charge in [-0.1, -0.05) is 30.3 Å². The number of carboxylic acid groups (broad SMARTS) is 1. The summed E-state index contributed by atoms with van der Waals surface area (Å²) >= 11 is 0. The van der Waals surface area contributed by atoms with E-state index in [-0.39, 0.29) is 17.0 Å². The van der Waals surface area contributed by atoms with Gasteiger partial charge in [0.1, 0.15) is 11.4 Å². The highest BCUT2D eigenvalue weighted by molar-refractivity contribution is 7.85. The summed E-state index contributed by atoms with van der Waals surface area (Å²) < 4.78 is 31.7. The Hall–Kier alpha value is -4.09. The zero-order valence-corrected chi connectivity index (χ0v) is 16.6. The van der Waals surface area contributed by atoms with Crippen LogP contribution in [-0.2, 0) is 10.1 Å². The Balaban J connectivity index is 1.85. The van der Waals surface area contributed by atoms with Crippen molar-refractivity contribution >= 4 is 39.4 Å². The molecule has 3 aromatic carbocycles. The van der Waals surface area contributed by atoms with E-state index >= 15 is 0 Å². The number of hydrogen-bond acceptors (Lipinski definition) is 8. The minimum Gasteiger partial charge on any atom is -0.506 e. The van der Waals surface area contributed by atoms with E-state index in [0.717, 1.165) is 18.2 Å². The topological polar surface area (TPSA) is 161 Å². The molecule has 0 radical (unpaired) electrons. The van der Waals surface area contributed by atoms with Gasteiger partial charge in [-0.25, -0.2) is 4.79 Å². The predicted octanol–water partition coefficient (Wildman–Crippen LogP) is 4.20. The van der Waals surface area contributed by atoms with Crippen molar-refractivity contribution in [2.24, 2.45) is 15.3 Å². The molecule has 0 aliphatic carbocycles. The van der Waals surface area contributed by atoms with Crippen LogP contribution in [0.25, 0.3) is 0 Å². The standard InChI is InChI=1S/C20H16N4O6S/c25-19-10-9-14(31(28,29)30)11-18(19)24-23-16-7-3-1-5-13(16)12-21-22-17-8-4-2-6-15(17)20(26)27/h1-12,22,25H,(H,26,27)(H,28,29,30). The minimum atomic E-state index is -4.47. The number of nitrogens with zero attached hydrogens (tertiary/aromatic N) is 3. The normalized spacial score (nSPS) is 11.8. The van der Waals surface area contributed by atoms with Gasteiger partial charge in [0.05, 0.1) is 28.0 Å². The highest BCUT2D eigenvalue weighted by atomic mass is 32.2. The quantitative estimate of drug-likeness (QED) is 0.185. The first kappa shape index (κ1) is 21.6. The summed E-state index contributed by atoms with van der Waals surface area (Å²) in [6.45, 7) is 0. The molecule has 0 aliphatic heterocycles. The zero-order chi connectivity index (χ0) is 22.4. The maximum Gasteiger partial charge on any atom is 0.337 e. The van der Waals surface area contributed by atoms with Crippen molar-refractivity contribution < 1.29 is 28.0 Å². The van der Waals surface area contributed by atoms with Gasteiger partial charge in [-0.2, -0.15) is 13.5 Å². The third-order valence-electron chi connectivity index (χ3n) is 3.99. The van der Waals surface area contributed by atoms with Gasteiger partial charge >= 0.3 is 5.97 Å². The molecule has 0 unspecified atom stereocenters. The molecule has 0 heterocycles. The largest absolute Gasteiger partial charge is 0.506 e. The summed E-state index contributed by atoms with van der Waals surface area (Å²) in [5.74, 6) is -1.42. The maximum absolute atomic E-state index is 11.3. The Kier molecular flexibility index (Phi) is 6.38. The number of azo groups is 1. The fraction of sp³-hybridized carbons (Fsp3) is 0. The van der Waals surface area contributed by atoms with E-state index in [0.29, 0.717) is 16.9 Å². The Morgan fingerprint density at radius 2 is 1.61 bits per heavy atom. The molecule has 0 aliphatic rings. The Morgan fingerprint density at radius 1 is 0.935 bits per heavy atom. The number of aromatic hydroxyl groups is 1. The van der Waals surface area contributed by atoms with Crippen LogP contribution in [-0.4, -0.2) is 35.4 Å². The Bertz CT molecular complexity index is 1290. The van der Waals surface area contributed by atoms with Crippen LogP contribution in [0.2, 0.25) is 0 Å². The second-order valence-electron chi connectivity index (χ2n) is 6.11. The predicted molar refractivity (Wildman–Crippen MR) is 113 cm³/mol. The lowest BCUT2D eigenvalue weighted by Crippen LogP contribution is -2.02. The van der Waals surface area contributed by atoms with Crippen molar-refractivity contribution in [2.45, 2.75) is 4.90 Å². The van der Waals surface area contributed by atoms with E-state index in [1.807, 2.05) is 0 Å². The lowest BCUT2D eigenvalue weighted by molar-refractivity contribution is 0.0698. The van der Waals surface area contributed by atoms with Gasteiger partial charge in [0.15, 0.2) is 0 Å². The van der Waals surface area contributed by atoms with Crippen LogP contribution in [0.1, 0.15) is 15.9 Å². The lowest BCUT2D eigenvalue weighted by Gasteiger charge is -2.05. The molecule has 31 heavy (non-hydrogen) atoms. The van der Waals surface area contributed by atoms with Gasteiger partial charge in [0.25, 0.3) is 10.1 Å². The van der Waals surface area contributed by atoms with Crippen molar-refractivity contribution in [3.05, 3.63) is 77.9 Å². The van der Waals surface area contributed by atoms with Gasteiger partial charge in [-0.05, 0) is 36.4 Å². The third-order valence-corrected chi connectivity index (χ3v) is 4.84. The van der Waals surface area contributed by atoms with Crippen LogP contribution in [0.15, 0.2) is 87.0 Å². The minimum absolute atomic E-state index is 0.0572. The number of phenolic OH excluding ortho intramolecular Hbond substituents is 1. The van der Waals surface area contributed by atoms with E-state index in [4.69, 9.17) is 4.55 Å². The van der Waals surface area contributed by atoms with Crippen molar-refractivity contribution in [2.75, 3.05) is 5.43 Å². The first-order valence-electron chi connectivity index (χ1n) is 8.68. The SMILES string of the molecule is O=C(O)c1ccccc1NN=Cc1ccccc1N=Nc1cc(S(=O)(=O)O)ccc1O. The third kappa shape index (κ3) is 5.50. The first-order valence-corrected chi connectivity index (χ1v) is 10.1. The highest BCUT2D eigenvalue weighted by Crippen LogP contribution is 2.31. The molecule has 0 atom stereocenters. The van der Waals surface area contributed by atoms with Gasteiger partial charge < -0.3 is 10.2 Å². The number of anilines is 1. The molecule has 0 spiro atoms. The number of carboxylic acids is 1. The summed E-state index contributed by atoms with van der Waals surface area (Å²) in [6, 6.07) is 16.1. The highest BCUT2D eigenvalue weighted by Gasteiger charge is 2.12. The lowest BCUT2D eigenvalue weighted by atomic mass is 10.2. The summed E-state index contributed by atoms with van der Waals surface area (Å²) in [6.07, 6.45) is 1.40. The van der Waals surface area contributed by atoms with Crippen LogP contribution in [0, 0.1) is 0 Å². The number of hydrazone groups is 1. The van der Waals surface area contributed by atoms with Crippen LogP contribution >= 0.6 is 0 Å². The van der Waals surface area contributed by atoms with Crippen molar-refractivity contribution in [1.29, 1.82) is 0 Å². The molecule has 11 heteroatoms. The molecule has 0 saturated heterocycles. The maximum atomic E-state index is 11.3. The number of hydrogen-bond donors (Lipinski definition) is 4. The first-order chi connectivity index (χ1) is 14.8. The molecule has 3 aromatic rings. The van der Waals surface area contributed by atoms with E-state index in [1.54, 1.807) is 42.5 Å². The molecule has 0 fully saturated rings. The van der Waals surface area contributed by atoms with Gasteiger partial charge in [-0.3, -0.25) is 9.98 Å². The summed E-state index contributed by atoms with van der Waals surface area (Å²) in [5.41, 5.74) is 3.72. The molecular weight excluding hydrogens is 424 g/mol. The molecule has 0 amide bonds. The fourth-order valence-corrected chi connectivity index (χ4v) is 2.98. The monoisotopic (exact) mass is 440 g/mol. The number of para-hydroxylation sites is 1. The van der Waals surface area contributed by atoms with Crippen molar-refractivity contribution in [1.82, 2.24) is 0 Å². The smallest absolute Gasteiger partial charge is 0.337 e. The van der Waals surface area contributed by atoms with Gasteiger partial charge in [-0.15, -0.1) is 10.2 Å².